The molecule has 1 aliphatic rings. The number of benzene rings is 1. The van der Waals surface area contributed by atoms with Gasteiger partial charge in [-0.3, -0.25) is 9.59 Å². The highest BCUT2D eigenvalue weighted by Crippen LogP contribution is 2.23. The molecule has 0 atom stereocenters. The fraction of sp³-hybridized carbons (Fsp3) is 0.444. The number of aromatic nitrogens is 3. The van der Waals surface area contributed by atoms with Crippen molar-refractivity contribution in [2.45, 2.75) is 33.1 Å². The van der Waals surface area contributed by atoms with Crippen LogP contribution < -0.4 is 5.32 Å². The lowest BCUT2D eigenvalue weighted by Crippen LogP contribution is -2.35. The minimum atomic E-state index is -0.168. The summed E-state index contributed by atoms with van der Waals surface area (Å²) in [6.07, 6.45) is 0.314. The van der Waals surface area contributed by atoms with Gasteiger partial charge >= 0.3 is 0 Å². The highest BCUT2D eigenvalue weighted by Gasteiger charge is 2.28. The summed E-state index contributed by atoms with van der Waals surface area (Å²) in [6, 6.07) is 7.96. The Bertz CT molecular complexity index is 779. The van der Waals surface area contributed by atoms with Crippen LogP contribution in [0.3, 0.4) is 0 Å². The number of hydrogen-bond donors (Lipinski definition) is 1. The summed E-state index contributed by atoms with van der Waals surface area (Å²) in [5, 5.41) is 11.2. The molecule has 132 valence electrons. The predicted molar refractivity (Wildman–Crippen MR) is 93.7 cm³/mol. The zero-order valence-corrected chi connectivity index (χ0v) is 14.8. The number of carbonyl (C=O) groups excluding carboxylic acids is 2. The molecule has 0 unspecified atom stereocenters. The first-order valence-electron chi connectivity index (χ1n) is 8.56. The maximum atomic E-state index is 13.0. The van der Waals surface area contributed by atoms with Crippen LogP contribution in [0.5, 0.6) is 0 Å². The zero-order valence-electron chi connectivity index (χ0n) is 14.8. The van der Waals surface area contributed by atoms with Crippen molar-refractivity contribution in [3.05, 3.63) is 41.2 Å². The van der Waals surface area contributed by atoms with E-state index in [1.54, 1.807) is 9.58 Å². The van der Waals surface area contributed by atoms with E-state index >= 15 is 0 Å². The van der Waals surface area contributed by atoms with Crippen molar-refractivity contribution in [3.63, 3.8) is 0 Å². The molecule has 2 amide bonds. The topological polar surface area (TPSA) is 80.1 Å². The lowest BCUT2D eigenvalue weighted by molar-refractivity contribution is -0.120. The van der Waals surface area contributed by atoms with Crippen molar-refractivity contribution < 1.29 is 9.59 Å². The Labute approximate surface area is 147 Å². The lowest BCUT2D eigenvalue weighted by Gasteiger charge is -2.19. The fourth-order valence-corrected chi connectivity index (χ4v) is 2.96. The average Bonchev–Trinajstić information content (AvgIpc) is 2.92. The van der Waals surface area contributed by atoms with Crippen LogP contribution in [-0.2, 0) is 4.79 Å². The second-order valence-corrected chi connectivity index (χ2v) is 6.62. The normalized spacial score (nSPS) is 15.2. The minimum absolute atomic E-state index is 0.0253. The summed E-state index contributed by atoms with van der Waals surface area (Å²) >= 11 is 0. The van der Waals surface area contributed by atoms with Gasteiger partial charge in [-0.15, -0.1) is 5.10 Å². The highest BCUT2D eigenvalue weighted by molar-refractivity contribution is 5.94. The first-order valence-corrected chi connectivity index (χ1v) is 8.56. The van der Waals surface area contributed by atoms with Crippen LogP contribution in [0.15, 0.2) is 24.3 Å². The van der Waals surface area contributed by atoms with Gasteiger partial charge < -0.3 is 10.2 Å². The van der Waals surface area contributed by atoms with Gasteiger partial charge in [0.05, 0.1) is 11.4 Å². The number of aryl methyl sites for hydroxylation is 1. The minimum Gasteiger partial charge on any atom is -0.354 e. The Hall–Kier alpha value is -2.70. The van der Waals surface area contributed by atoms with Crippen molar-refractivity contribution in [2.24, 2.45) is 0 Å². The number of nitrogens with zero attached hydrogens (tertiary/aromatic N) is 4. The molecule has 3 rings (SSSR count). The van der Waals surface area contributed by atoms with Gasteiger partial charge in [-0.2, -0.15) is 0 Å². The Morgan fingerprint density at radius 2 is 1.92 bits per heavy atom. The fourth-order valence-electron chi connectivity index (χ4n) is 2.96. The van der Waals surface area contributed by atoms with Crippen LogP contribution in [0.2, 0.25) is 0 Å². The molecule has 1 aromatic heterocycles. The molecule has 0 saturated carbocycles. The second kappa shape index (κ2) is 7.04. The Morgan fingerprint density at radius 3 is 2.60 bits per heavy atom. The number of amides is 2. The molecule has 1 N–H and O–H groups in total. The number of nitrogens with one attached hydrogen (secondary N) is 1. The summed E-state index contributed by atoms with van der Waals surface area (Å²) in [5.74, 6) is -0.108. The first kappa shape index (κ1) is 17.1. The lowest BCUT2D eigenvalue weighted by atomic mass is 10.1. The van der Waals surface area contributed by atoms with E-state index in [0.29, 0.717) is 31.7 Å². The van der Waals surface area contributed by atoms with E-state index < -0.39 is 0 Å². The average molecular weight is 341 g/mol. The Kier molecular flexibility index (Phi) is 4.83. The quantitative estimate of drug-likeness (QED) is 0.921. The van der Waals surface area contributed by atoms with E-state index in [9.17, 15) is 9.59 Å². The zero-order chi connectivity index (χ0) is 18.0. The molecule has 2 aromatic rings. The van der Waals surface area contributed by atoms with Crippen LogP contribution in [0.1, 0.15) is 47.9 Å². The first-order chi connectivity index (χ1) is 12.0. The van der Waals surface area contributed by atoms with Crippen molar-refractivity contribution in [3.8, 4) is 5.69 Å². The molecule has 0 aliphatic carbocycles. The summed E-state index contributed by atoms with van der Waals surface area (Å²) in [5.41, 5.74) is 3.20. The molecule has 7 heteroatoms. The molecule has 7 nitrogen and oxygen atoms in total. The van der Waals surface area contributed by atoms with E-state index in [1.807, 2.05) is 45.0 Å². The molecule has 2 heterocycles. The molecular weight excluding hydrogens is 318 g/mol. The molecular formula is C18H23N5O2. The van der Waals surface area contributed by atoms with Crippen molar-refractivity contribution in [2.75, 3.05) is 19.6 Å². The largest absolute Gasteiger partial charge is 0.354 e. The standard InChI is InChI=1S/C18H23N5O2/c1-12(2)17-16(18(25)22-10-8-15(24)19-9-11-22)20-21-23(17)14-6-4-13(3)5-7-14/h4-7,12H,8-11H2,1-3H3,(H,19,24). The molecule has 1 saturated heterocycles. The number of carbonyl (C=O) groups is 2. The van der Waals surface area contributed by atoms with E-state index in [2.05, 4.69) is 15.6 Å². The van der Waals surface area contributed by atoms with Gasteiger partial charge in [0.2, 0.25) is 5.91 Å². The van der Waals surface area contributed by atoms with Crippen molar-refractivity contribution in [1.29, 1.82) is 0 Å². The molecule has 1 fully saturated rings. The van der Waals surface area contributed by atoms with Crippen LogP contribution in [0.25, 0.3) is 5.69 Å². The SMILES string of the molecule is Cc1ccc(-n2nnc(C(=O)N3CCNC(=O)CC3)c2C(C)C)cc1. The van der Waals surface area contributed by atoms with Gasteiger partial charge in [0.25, 0.3) is 5.91 Å². The highest BCUT2D eigenvalue weighted by atomic mass is 16.2. The van der Waals surface area contributed by atoms with E-state index in [-0.39, 0.29) is 17.7 Å². The van der Waals surface area contributed by atoms with E-state index in [0.717, 1.165) is 16.9 Å². The summed E-state index contributed by atoms with van der Waals surface area (Å²) in [7, 11) is 0. The maximum absolute atomic E-state index is 13.0. The van der Waals surface area contributed by atoms with Crippen LogP contribution in [0.4, 0.5) is 0 Å². The summed E-state index contributed by atoms with van der Waals surface area (Å²) in [4.78, 5) is 26.1. The molecule has 0 bridgehead atoms. The molecule has 1 aliphatic heterocycles. The van der Waals surface area contributed by atoms with Crippen LogP contribution >= 0.6 is 0 Å². The maximum Gasteiger partial charge on any atom is 0.276 e. The molecule has 0 radical (unpaired) electrons. The predicted octanol–water partition coefficient (Wildman–Crippen LogP) is 1.66. The van der Waals surface area contributed by atoms with Gasteiger partial charge in [-0.05, 0) is 25.0 Å². The smallest absolute Gasteiger partial charge is 0.276 e. The molecule has 25 heavy (non-hydrogen) atoms. The van der Waals surface area contributed by atoms with Crippen molar-refractivity contribution >= 4 is 11.8 Å². The van der Waals surface area contributed by atoms with Gasteiger partial charge in [0.15, 0.2) is 5.69 Å². The monoisotopic (exact) mass is 341 g/mol. The molecule has 0 spiro atoms. The van der Waals surface area contributed by atoms with Crippen LogP contribution in [-0.4, -0.2) is 51.3 Å². The number of hydrogen-bond acceptors (Lipinski definition) is 4. The van der Waals surface area contributed by atoms with Gasteiger partial charge in [-0.25, -0.2) is 4.68 Å². The third-order valence-electron chi connectivity index (χ3n) is 4.33. The van der Waals surface area contributed by atoms with Gasteiger partial charge in [-0.1, -0.05) is 36.8 Å². The number of rotatable bonds is 3. The van der Waals surface area contributed by atoms with Gasteiger partial charge in [0, 0.05) is 26.1 Å². The van der Waals surface area contributed by atoms with Gasteiger partial charge in [0.1, 0.15) is 0 Å². The second-order valence-electron chi connectivity index (χ2n) is 6.62. The summed E-state index contributed by atoms with van der Waals surface area (Å²) < 4.78 is 1.73. The molecule has 1 aromatic carbocycles. The van der Waals surface area contributed by atoms with E-state index in [1.165, 1.54) is 0 Å². The third kappa shape index (κ3) is 3.55. The van der Waals surface area contributed by atoms with Crippen LogP contribution in [0, 0.1) is 6.92 Å². The van der Waals surface area contributed by atoms with E-state index in [4.69, 9.17) is 0 Å². The summed E-state index contributed by atoms with van der Waals surface area (Å²) in [6.45, 7) is 7.42. The van der Waals surface area contributed by atoms with Crippen molar-refractivity contribution in [1.82, 2.24) is 25.2 Å². The third-order valence-corrected chi connectivity index (χ3v) is 4.33. The Balaban J connectivity index is 1.95. The Morgan fingerprint density at radius 1 is 1.20 bits per heavy atom.